The Bertz CT molecular complexity index is 1260. The minimum absolute atomic E-state index is 0.0617. The lowest BCUT2D eigenvalue weighted by Gasteiger charge is -2.19. The van der Waals surface area contributed by atoms with Crippen molar-refractivity contribution < 1.29 is 19.1 Å². The molecule has 2 N–H and O–H groups in total. The van der Waals surface area contributed by atoms with Gasteiger partial charge in [-0.2, -0.15) is 0 Å². The van der Waals surface area contributed by atoms with E-state index < -0.39 is 35.7 Å². The summed E-state index contributed by atoms with van der Waals surface area (Å²) in [5.41, 5.74) is -0.263. The number of ether oxygens (including phenoxy) is 2. The molecule has 170 valence electrons. The fourth-order valence-corrected chi connectivity index (χ4v) is 3.95. The van der Waals surface area contributed by atoms with Gasteiger partial charge in [-0.3, -0.25) is 19.1 Å². The summed E-state index contributed by atoms with van der Waals surface area (Å²) in [5, 5.41) is 2.79. The number of esters is 1. The summed E-state index contributed by atoms with van der Waals surface area (Å²) in [6.07, 6.45) is -0.642. The summed E-state index contributed by atoms with van der Waals surface area (Å²) in [4.78, 5) is 51.4. The second-order valence-electron chi connectivity index (χ2n) is 7.39. The summed E-state index contributed by atoms with van der Waals surface area (Å²) >= 11 is 1.82. The van der Waals surface area contributed by atoms with E-state index in [9.17, 15) is 19.2 Å². The number of carbonyl (C=O) groups is 2. The zero-order chi connectivity index (χ0) is 23.4. The molecule has 0 unspecified atom stereocenters. The van der Waals surface area contributed by atoms with Gasteiger partial charge in [-0.25, -0.2) is 9.59 Å². The maximum atomic E-state index is 12.6. The van der Waals surface area contributed by atoms with E-state index in [0.717, 1.165) is 0 Å². The van der Waals surface area contributed by atoms with Crippen molar-refractivity contribution in [2.45, 2.75) is 24.9 Å². The van der Waals surface area contributed by atoms with Crippen LogP contribution in [0.4, 0.5) is 0 Å². The molecule has 3 aromatic rings. The molecule has 4 rings (SSSR count). The van der Waals surface area contributed by atoms with Gasteiger partial charge in [0, 0.05) is 24.7 Å². The molecule has 33 heavy (non-hydrogen) atoms. The highest BCUT2D eigenvalue weighted by molar-refractivity contribution is 14.1. The Balaban J connectivity index is 1.53. The minimum atomic E-state index is -0.782. The van der Waals surface area contributed by atoms with Crippen LogP contribution >= 0.6 is 22.6 Å². The first kappa shape index (κ1) is 22.9. The van der Waals surface area contributed by atoms with E-state index in [1.807, 2.05) is 28.7 Å². The van der Waals surface area contributed by atoms with Gasteiger partial charge in [-0.05, 0) is 46.9 Å². The van der Waals surface area contributed by atoms with Gasteiger partial charge in [0.25, 0.3) is 11.5 Å². The first-order valence-corrected chi connectivity index (χ1v) is 11.3. The number of hydrogen-bond donors (Lipinski definition) is 2. The molecule has 3 atom stereocenters. The standard InChI is InChI=1S/C23H20IN3O6/c24-16-13-27(23(31)26-21(16)29)19-11-17(33-22(30)15-9-5-2-6-10-15)18(32-19)12-25-20(28)14-7-3-1-4-8-14/h1-10,13,17-19H,11-12H2,(H,25,28)(H,26,29,31)/t17-,18+,19+/m0/s1. The third-order valence-corrected chi connectivity index (χ3v) is 5.95. The van der Waals surface area contributed by atoms with Crippen LogP contribution in [0.2, 0.25) is 0 Å². The second kappa shape index (κ2) is 10.1. The van der Waals surface area contributed by atoms with Gasteiger partial charge in [-0.1, -0.05) is 36.4 Å². The zero-order valence-corrected chi connectivity index (χ0v) is 19.4. The summed E-state index contributed by atoms with van der Waals surface area (Å²) in [6.45, 7) is 0.0617. The molecule has 0 radical (unpaired) electrons. The largest absolute Gasteiger partial charge is 0.456 e. The van der Waals surface area contributed by atoms with Crippen LogP contribution in [0.5, 0.6) is 0 Å². The third kappa shape index (κ3) is 5.40. The topological polar surface area (TPSA) is 119 Å². The summed E-state index contributed by atoms with van der Waals surface area (Å²) in [5.74, 6) is -0.834. The van der Waals surface area contributed by atoms with Crippen LogP contribution < -0.4 is 16.6 Å². The van der Waals surface area contributed by atoms with Gasteiger partial charge in [0.2, 0.25) is 0 Å². The average Bonchev–Trinajstić information content (AvgIpc) is 3.23. The van der Waals surface area contributed by atoms with Crippen LogP contribution in [0.1, 0.15) is 33.4 Å². The van der Waals surface area contributed by atoms with Crippen LogP contribution in [0.3, 0.4) is 0 Å². The van der Waals surface area contributed by atoms with Crippen LogP contribution in [0.15, 0.2) is 76.4 Å². The zero-order valence-electron chi connectivity index (χ0n) is 17.3. The van der Waals surface area contributed by atoms with E-state index in [1.165, 1.54) is 10.8 Å². The Morgan fingerprint density at radius 1 is 1.06 bits per heavy atom. The van der Waals surface area contributed by atoms with Crippen LogP contribution in [-0.2, 0) is 9.47 Å². The molecule has 1 amide bonds. The number of carbonyl (C=O) groups excluding carboxylic acids is 2. The predicted molar refractivity (Wildman–Crippen MR) is 127 cm³/mol. The van der Waals surface area contributed by atoms with Gasteiger partial charge >= 0.3 is 11.7 Å². The molecule has 9 nitrogen and oxygen atoms in total. The van der Waals surface area contributed by atoms with E-state index in [-0.39, 0.29) is 18.9 Å². The van der Waals surface area contributed by atoms with Crippen molar-refractivity contribution in [1.82, 2.24) is 14.9 Å². The lowest BCUT2D eigenvalue weighted by molar-refractivity contribution is -0.0280. The molecule has 1 saturated heterocycles. The molecule has 0 bridgehead atoms. The highest BCUT2D eigenvalue weighted by atomic mass is 127. The predicted octanol–water partition coefficient (Wildman–Crippen LogP) is 2.08. The number of H-pyrrole nitrogens is 1. The van der Waals surface area contributed by atoms with Gasteiger partial charge < -0.3 is 14.8 Å². The molecular formula is C23H20IN3O6. The normalized spacial score (nSPS) is 19.7. The Morgan fingerprint density at radius 2 is 1.70 bits per heavy atom. The molecule has 0 aliphatic carbocycles. The van der Waals surface area contributed by atoms with Gasteiger partial charge in [-0.15, -0.1) is 0 Å². The van der Waals surface area contributed by atoms with Gasteiger partial charge in [0.1, 0.15) is 18.4 Å². The smallest absolute Gasteiger partial charge is 0.338 e. The first-order chi connectivity index (χ1) is 15.9. The summed E-state index contributed by atoms with van der Waals surface area (Å²) in [6, 6.07) is 17.2. The number of nitrogens with one attached hydrogen (secondary N) is 2. The molecule has 1 fully saturated rings. The molecule has 2 aromatic carbocycles. The molecule has 0 saturated carbocycles. The lowest BCUT2D eigenvalue weighted by atomic mass is 10.1. The van der Waals surface area contributed by atoms with Crippen molar-refractivity contribution in [2.75, 3.05) is 6.54 Å². The number of amides is 1. The molecule has 10 heteroatoms. The van der Waals surface area contributed by atoms with Crippen molar-refractivity contribution in [1.29, 1.82) is 0 Å². The highest BCUT2D eigenvalue weighted by Gasteiger charge is 2.39. The SMILES string of the molecule is O=C(NC[C@H]1O[C@@H](n2cc(I)c(=O)[nH]c2=O)C[C@@H]1OC(=O)c1ccccc1)c1ccccc1. The number of aromatic amines is 1. The van der Waals surface area contributed by atoms with E-state index >= 15 is 0 Å². The van der Waals surface area contributed by atoms with Gasteiger partial charge in [0.15, 0.2) is 0 Å². The van der Waals surface area contributed by atoms with Crippen molar-refractivity contribution >= 4 is 34.5 Å². The number of nitrogens with zero attached hydrogens (tertiary/aromatic N) is 1. The Morgan fingerprint density at radius 3 is 2.36 bits per heavy atom. The monoisotopic (exact) mass is 561 g/mol. The maximum Gasteiger partial charge on any atom is 0.338 e. The summed E-state index contributed by atoms with van der Waals surface area (Å²) in [7, 11) is 0. The number of halogens is 1. The number of hydrogen-bond acceptors (Lipinski definition) is 6. The third-order valence-electron chi connectivity index (χ3n) is 5.18. The molecule has 0 spiro atoms. The molecule has 1 aliphatic heterocycles. The van der Waals surface area contributed by atoms with Crippen molar-refractivity contribution in [3.63, 3.8) is 0 Å². The average molecular weight is 561 g/mol. The molecule has 2 heterocycles. The Labute approximate surface area is 201 Å². The van der Waals surface area contributed by atoms with Gasteiger partial charge in [0.05, 0.1) is 9.13 Å². The van der Waals surface area contributed by atoms with Crippen molar-refractivity contribution in [2.24, 2.45) is 0 Å². The highest BCUT2D eigenvalue weighted by Crippen LogP contribution is 2.30. The molecule has 1 aliphatic rings. The second-order valence-corrected chi connectivity index (χ2v) is 8.56. The molecule has 1 aromatic heterocycles. The Kier molecular flexibility index (Phi) is 7.04. The fourth-order valence-electron chi connectivity index (χ4n) is 3.52. The van der Waals surface area contributed by atoms with Crippen LogP contribution in [-0.4, -0.2) is 40.2 Å². The van der Waals surface area contributed by atoms with Crippen LogP contribution in [0, 0.1) is 3.57 Å². The number of benzene rings is 2. The van der Waals surface area contributed by atoms with Crippen molar-refractivity contribution in [3.8, 4) is 0 Å². The first-order valence-electron chi connectivity index (χ1n) is 10.2. The number of rotatable bonds is 6. The fraction of sp³-hybridized carbons (Fsp3) is 0.217. The number of aromatic nitrogens is 2. The van der Waals surface area contributed by atoms with Crippen LogP contribution in [0.25, 0.3) is 0 Å². The minimum Gasteiger partial charge on any atom is -0.456 e. The Hall–Kier alpha value is -3.25. The molecular weight excluding hydrogens is 541 g/mol. The summed E-state index contributed by atoms with van der Waals surface area (Å²) < 4.78 is 13.3. The van der Waals surface area contributed by atoms with E-state index in [2.05, 4.69) is 10.3 Å². The lowest BCUT2D eigenvalue weighted by Crippen LogP contribution is -2.39. The van der Waals surface area contributed by atoms with E-state index in [0.29, 0.717) is 14.7 Å². The van der Waals surface area contributed by atoms with E-state index in [1.54, 1.807) is 54.6 Å². The van der Waals surface area contributed by atoms with E-state index in [4.69, 9.17) is 9.47 Å². The quantitative estimate of drug-likeness (QED) is 0.352. The maximum absolute atomic E-state index is 12.6. The van der Waals surface area contributed by atoms with Crippen molar-refractivity contribution in [3.05, 3.63) is 102 Å².